The van der Waals surface area contributed by atoms with Crippen molar-refractivity contribution in [3.63, 3.8) is 0 Å². The van der Waals surface area contributed by atoms with Crippen LogP contribution < -0.4 is 5.32 Å². The monoisotopic (exact) mass is 335 g/mol. The van der Waals surface area contributed by atoms with Gasteiger partial charge in [0.1, 0.15) is 0 Å². The van der Waals surface area contributed by atoms with Crippen LogP contribution in [0.3, 0.4) is 0 Å². The second-order valence-corrected chi connectivity index (χ2v) is 6.27. The van der Waals surface area contributed by atoms with Crippen molar-refractivity contribution in [3.05, 3.63) is 84.2 Å². The molecular weight excluding hydrogens is 314 g/mol. The van der Waals surface area contributed by atoms with E-state index in [2.05, 4.69) is 10.4 Å². The predicted molar refractivity (Wildman–Crippen MR) is 97.0 cm³/mol. The van der Waals surface area contributed by atoms with E-state index in [4.69, 9.17) is 0 Å². The summed E-state index contributed by atoms with van der Waals surface area (Å²) in [5.41, 5.74) is 1.25. The van der Waals surface area contributed by atoms with E-state index in [9.17, 15) is 9.90 Å². The number of anilines is 1. The molecule has 2 N–H and O–H groups in total. The van der Waals surface area contributed by atoms with Gasteiger partial charge < -0.3 is 10.4 Å². The van der Waals surface area contributed by atoms with Gasteiger partial charge in [-0.2, -0.15) is 5.10 Å². The van der Waals surface area contributed by atoms with Crippen molar-refractivity contribution >= 4 is 11.6 Å². The molecule has 25 heavy (non-hydrogen) atoms. The number of carbonyl (C=O) groups excluding carboxylic acids is 1. The fraction of sp³-hybridized carbons (Fsp3) is 0.200. The highest BCUT2D eigenvalue weighted by molar-refractivity contribution is 5.91. The van der Waals surface area contributed by atoms with Gasteiger partial charge in [-0.1, -0.05) is 42.5 Å². The first-order chi connectivity index (χ1) is 12.0. The minimum absolute atomic E-state index is 0.0135. The van der Waals surface area contributed by atoms with E-state index in [1.165, 1.54) is 0 Å². The van der Waals surface area contributed by atoms with Gasteiger partial charge in [-0.3, -0.25) is 9.48 Å². The first-order valence-corrected chi connectivity index (χ1v) is 8.17. The number of hydrogen-bond acceptors (Lipinski definition) is 3. The normalized spacial score (nSPS) is 13.2. The number of rotatable bonds is 6. The van der Waals surface area contributed by atoms with Crippen molar-refractivity contribution in [2.45, 2.75) is 25.5 Å². The Labute approximate surface area is 146 Å². The molecule has 0 spiro atoms. The summed E-state index contributed by atoms with van der Waals surface area (Å²) in [6.07, 6.45) is 3.61. The van der Waals surface area contributed by atoms with Crippen LogP contribution in [0.5, 0.6) is 0 Å². The molecule has 1 aromatic heterocycles. The standard InChI is InChI=1S/C20H21N3O2/c1-20(25,17-8-3-2-4-9-17)14-19(24)22-18-10-5-7-16(13-18)15-23-12-6-11-21-23/h2-13,25H,14-15H2,1H3,(H,22,24). The summed E-state index contributed by atoms with van der Waals surface area (Å²) in [5.74, 6) is -0.231. The van der Waals surface area contributed by atoms with Crippen molar-refractivity contribution in [3.8, 4) is 0 Å². The number of benzene rings is 2. The summed E-state index contributed by atoms with van der Waals surface area (Å²) >= 11 is 0. The van der Waals surface area contributed by atoms with E-state index >= 15 is 0 Å². The number of nitrogens with zero attached hydrogens (tertiary/aromatic N) is 2. The Morgan fingerprint density at radius 3 is 2.68 bits per heavy atom. The Bertz CT molecular complexity index is 827. The molecule has 0 saturated carbocycles. The highest BCUT2D eigenvalue weighted by Gasteiger charge is 2.26. The molecule has 3 rings (SSSR count). The average molecular weight is 335 g/mol. The molecule has 0 radical (unpaired) electrons. The summed E-state index contributed by atoms with van der Waals surface area (Å²) in [6, 6.07) is 18.7. The van der Waals surface area contributed by atoms with Crippen LogP contribution in [0, 0.1) is 0 Å². The van der Waals surface area contributed by atoms with Crippen LogP contribution in [-0.4, -0.2) is 20.8 Å². The molecule has 1 atom stereocenters. The zero-order valence-electron chi connectivity index (χ0n) is 14.1. The van der Waals surface area contributed by atoms with Crippen molar-refractivity contribution < 1.29 is 9.90 Å². The number of hydrogen-bond donors (Lipinski definition) is 2. The van der Waals surface area contributed by atoms with Crippen molar-refractivity contribution in [1.29, 1.82) is 0 Å². The zero-order chi connectivity index (χ0) is 17.7. The molecule has 1 heterocycles. The van der Waals surface area contributed by atoms with E-state index in [1.807, 2.05) is 71.5 Å². The Morgan fingerprint density at radius 2 is 1.96 bits per heavy atom. The maximum atomic E-state index is 12.3. The minimum Gasteiger partial charge on any atom is -0.385 e. The van der Waals surface area contributed by atoms with Crippen molar-refractivity contribution in [1.82, 2.24) is 9.78 Å². The van der Waals surface area contributed by atoms with E-state index in [0.717, 1.165) is 11.1 Å². The first kappa shape index (κ1) is 16.9. The molecule has 0 fully saturated rings. The first-order valence-electron chi connectivity index (χ1n) is 8.17. The highest BCUT2D eigenvalue weighted by atomic mass is 16.3. The minimum atomic E-state index is -1.21. The maximum Gasteiger partial charge on any atom is 0.227 e. The second-order valence-electron chi connectivity index (χ2n) is 6.27. The summed E-state index contributed by atoms with van der Waals surface area (Å²) in [5, 5.41) is 17.6. The average Bonchev–Trinajstić information content (AvgIpc) is 3.08. The maximum absolute atomic E-state index is 12.3. The van der Waals surface area contributed by atoms with Gasteiger partial charge in [0.15, 0.2) is 0 Å². The third-order valence-corrected chi connectivity index (χ3v) is 4.01. The van der Waals surface area contributed by atoms with E-state index < -0.39 is 5.60 Å². The lowest BCUT2D eigenvalue weighted by Gasteiger charge is -2.23. The Kier molecular flexibility index (Phi) is 4.95. The quantitative estimate of drug-likeness (QED) is 0.727. The van der Waals surface area contributed by atoms with Gasteiger partial charge in [-0.05, 0) is 36.2 Å². The van der Waals surface area contributed by atoms with E-state index in [-0.39, 0.29) is 12.3 Å². The second kappa shape index (κ2) is 7.32. The summed E-state index contributed by atoms with van der Waals surface area (Å²) in [7, 11) is 0. The predicted octanol–water partition coefficient (Wildman–Crippen LogP) is 3.17. The molecule has 3 aromatic rings. The fourth-order valence-corrected chi connectivity index (χ4v) is 2.75. The van der Waals surface area contributed by atoms with Crippen molar-refractivity contribution in [2.24, 2.45) is 0 Å². The Hall–Kier alpha value is -2.92. The lowest BCUT2D eigenvalue weighted by molar-refractivity contribution is -0.120. The SMILES string of the molecule is CC(O)(CC(=O)Nc1cccc(Cn2cccn2)c1)c1ccccc1. The lowest BCUT2D eigenvalue weighted by Crippen LogP contribution is -2.28. The van der Waals surface area contributed by atoms with Crippen LogP contribution in [0.25, 0.3) is 0 Å². The molecule has 1 unspecified atom stereocenters. The summed E-state index contributed by atoms with van der Waals surface area (Å²) in [6.45, 7) is 2.29. The van der Waals surface area contributed by atoms with Gasteiger partial charge >= 0.3 is 0 Å². The van der Waals surface area contributed by atoms with Crippen LogP contribution in [0.2, 0.25) is 0 Å². The van der Waals surface area contributed by atoms with Crippen LogP contribution in [0.1, 0.15) is 24.5 Å². The number of amides is 1. The molecule has 0 aliphatic rings. The number of nitrogens with one attached hydrogen (secondary N) is 1. The molecule has 2 aromatic carbocycles. The lowest BCUT2D eigenvalue weighted by atomic mass is 9.92. The summed E-state index contributed by atoms with van der Waals surface area (Å²) in [4.78, 5) is 12.3. The molecule has 0 aliphatic carbocycles. The molecule has 128 valence electrons. The largest absolute Gasteiger partial charge is 0.385 e. The molecular formula is C20H21N3O2. The molecule has 0 aliphatic heterocycles. The molecule has 1 amide bonds. The molecule has 5 nitrogen and oxygen atoms in total. The highest BCUT2D eigenvalue weighted by Crippen LogP contribution is 2.24. The van der Waals surface area contributed by atoms with Crippen LogP contribution in [0.15, 0.2) is 73.1 Å². The Balaban J connectivity index is 1.65. The van der Waals surface area contributed by atoms with Gasteiger partial charge in [0.05, 0.1) is 18.6 Å². The van der Waals surface area contributed by atoms with Crippen LogP contribution in [-0.2, 0) is 16.9 Å². The topological polar surface area (TPSA) is 67.2 Å². The number of aliphatic hydroxyl groups is 1. The number of aromatic nitrogens is 2. The molecule has 0 bridgehead atoms. The molecule has 5 heteroatoms. The molecule has 0 saturated heterocycles. The third-order valence-electron chi connectivity index (χ3n) is 4.01. The fourth-order valence-electron chi connectivity index (χ4n) is 2.75. The summed E-state index contributed by atoms with van der Waals surface area (Å²) < 4.78 is 1.82. The van der Waals surface area contributed by atoms with Gasteiger partial charge in [0.2, 0.25) is 5.91 Å². The van der Waals surface area contributed by atoms with Crippen LogP contribution in [0.4, 0.5) is 5.69 Å². The smallest absolute Gasteiger partial charge is 0.227 e. The van der Waals surface area contributed by atoms with Gasteiger partial charge in [-0.15, -0.1) is 0 Å². The van der Waals surface area contributed by atoms with Gasteiger partial charge in [-0.25, -0.2) is 0 Å². The van der Waals surface area contributed by atoms with Gasteiger partial charge in [0, 0.05) is 18.1 Å². The number of carbonyl (C=O) groups is 1. The van der Waals surface area contributed by atoms with E-state index in [0.29, 0.717) is 12.2 Å². The zero-order valence-corrected chi connectivity index (χ0v) is 14.1. The van der Waals surface area contributed by atoms with E-state index in [1.54, 1.807) is 13.1 Å². The Morgan fingerprint density at radius 1 is 1.16 bits per heavy atom. The van der Waals surface area contributed by atoms with Crippen molar-refractivity contribution in [2.75, 3.05) is 5.32 Å². The third kappa shape index (κ3) is 4.55. The van der Waals surface area contributed by atoms with Gasteiger partial charge in [0.25, 0.3) is 0 Å². The van der Waals surface area contributed by atoms with Crippen LogP contribution >= 0.6 is 0 Å².